The predicted octanol–water partition coefficient (Wildman–Crippen LogP) is 9.59. The Morgan fingerprint density at radius 3 is 1.95 bits per heavy atom. The normalized spacial score (nSPS) is 14.4. The van der Waals surface area contributed by atoms with Crippen LogP contribution in [0.3, 0.4) is 0 Å². The van der Waals surface area contributed by atoms with Gasteiger partial charge in [-0.1, -0.05) is 0 Å². The Morgan fingerprint density at radius 1 is 0.698 bits per heavy atom. The first kappa shape index (κ1) is 33.9. The maximum atomic E-state index is 6.82. The van der Waals surface area contributed by atoms with Gasteiger partial charge in [0, 0.05) is 0 Å². The van der Waals surface area contributed by atoms with E-state index in [9.17, 15) is 0 Å². The molecule has 6 rings (SSSR count). The van der Waals surface area contributed by atoms with E-state index in [0.29, 0.717) is 0 Å². The average Bonchev–Trinajstić information content (AvgIpc) is 3.60. The molecule has 0 saturated heterocycles. The second-order valence-corrected chi connectivity index (χ2v) is 27.6. The van der Waals surface area contributed by atoms with Gasteiger partial charge in [-0.15, -0.1) is 24.8 Å². The first-order valence-corrected chi connectivity index (χ1v) is 21.9. The van der Waals surface area contributed by atoms with Crippen LogP contribution >= 0.6 is 36.4 Å². The first-order valence-electron chi connectivity index (χ1n) is 14.8. The Balaban J connectivity index is 0.00000212. The number of fused-ring (bicyclic) bond motifs is 3. The summed E-state index contributed by atoms with van der Waals surface area (Å²) in [6, 6.07) is 32.1. The summed E-state index contributed by atoms with van der Waals surface area (Å²) >= 11 is 2.03. The molecule has 0 aliphatic heterocycles. The molecule has 0 amide bonds. The van der Waals surface area contributed by atoms with Gasteiger partial charge in [-0.25, -0.2) is 0 Å². The molecule has 0 heterocycles. The van der Waals surface area contributed by atoms with Crippen LogP contribution in [-0.2, 0) is 35.5 Å². The molecule has 4 heteroatoms. The number of benzene rings is 4. The van der Waals surface area contributed by atoms with Crippen LogP contribution in [0.4, 0.5) is 0 Å². The van der Waals surface area contributed by atoms with Crippen molar-refractivity contribution >= 4 is 50.4 Å². The number of hydrogen-bond donors (Lipinski definition) is 0. The van der Waals surface area contributed by atoms with E-state index in [1.165, 1.54) is 46.5 Å². The Labute approximate surface area is 276 Å². The van der Waals surface area contributed by atoms with Crippen LogP contribution in [0.25, 0.3) is 11.1 Å². The van der Waals surface area contributed by atoms with E-state index < -0.39 is 18.3 Å². The van der Waals surface area contributed by atoms with Crippen molar-refractivity contribution in [2.75, 3.05) is 0 Å². The zero-order valence-electron chi connectivity index (χ0n) is 26.1. The monoisotopic (exact) mass is 706 g/mol. The van der Waals surface area contributed by atoms with Crippen molar-refractivity contribution in [2.45, 2.75) is 65.2 Å². The van der Waals surface area contributed by atoms with Crippen LogP contribution < -0.4 is 9.81 Å². The fourth-order valence-electron chi connectivity index (χ4n) is 7.18. The van der Waals surface area contributed by atoms with Crippen LogP contribution in [0.15, 0.2) is 106 Å². The SMILES string of the molecule is Cl.Cl.[CH2]=[Zr]([C]1=CC=CC1)([c]1ccccc1)([c]1cccc(Cl)c1)[c]1cc(C(C)(C)C)cc2c1Cc1ccc(C(C)(C)C)cc1-2. The zero-order chi connectivity index (χ0) is 29.2. The van der Waals surface area contributed by atoms with Gasteiger partial charge in [0.2, 0.25) is 0 Å². The second kappa shape index (κ2) is 11.7. The van der Waals surface area contributed by atoms with Crippen molar-refractivity contribution in [2.24, 2.45) is 0 Å². The zero-order valence-corrected chi connectivity index (χ0v) is 31.0. The number of rotatable bonds is 4. The molecule has 0 N–H and O–H groups in total. The third-order valence-electron chi connectivity index (χ3n) is 9.70. The second-order valence-electron chi connectivity index (χ2n) is 14.3. The third-order valence-corrected chi connectivity index (χ3v) is 26.2. The molecule has 0 spiro atoms. The molecule has 0 fully saturated rings. The summed E-state index contributed by atoms with van der Waals surface area (Å²) in [5.41, 5.74) is 8.47. The van der Waals surface area contributed by atoms with Gasteiger partial charge in [0.25, 0.3) is 0 Å². The van der Waals surface area contributed by atoms with E-state index in [-0.39, 0.29) is 35.6 Å². The average molecular weight is 709 g/mol. The molecule has 0 nitrogen and oxygen atoms in total. The molecule has 0 atom stereocenters. The van der Waals surface area contributed by atoms with Gasteiger partial charge in [0.15, 0.2) is 0 Å². The summed E-state index contributed by atoms with van der Waals surface area (Å²) < 4.78 is 11.2. The van der Waals surface area contributed by atoms with Crippen LogP contribution in [0.2, 0.25) is 5.02 Å². The summed E-state index contributed by atoms with van der Waals surface area (Å²) in [5, 5.41) is 0.774. The van der Waals surface area contributed by atoms with Crippen LogP contribution in [0.5, 0.6) is 0 Å². The molecule has 43 heavy (non-hydrogen) atoms. The number of allylic oxidation sites excluding steroid dienone is 4. The van der Waals surface area contributed by atoms with Crippen LogP contribution in [0, 0.1) is 0 Å². The molecule has 0 bridgehead atoms. The van der Waals surface area contributed by atoms with Gasteiger partial charge in [0.1, 0.15) is 0 Å². The van der Waals surface area contributed by atoms with Gasteiger partial charge in [-0.3, -0.25) is 0 Å². The standard InChI is InChI=1S/C21H25.C6H4Cl.C6H5.C5H5.CH2.2ClH.Zr/c1-20(2,3)16-9-7-14-11-15-8-10-17(21(4,5)6)13-19(15)18(14)12-16;7-6-4-2-1-3-5-6;1-2-4-6-5-3-1;1-2-4-5-3-1;;;;/h7,9-10,12-13H,11H2,1-6H3;1-2,4-5H;1-5H;1-3H,4H2;1H2;2*1H;. The summed E-state index contributed by atoms with van der Waals surface area (Å²) in [6.07, 6.45) is 8.77. The molecule has 4 aromatic rings. The minimum absolute atomic E-state index is 0. The molecule has 0 saturated carbocycles. The first-order chi connectivity index (χ1) is 19.3. The van der Waals surface area contributed by atoms with Gasteiger partial charge in [-0.05, 0) is 0 Å². The van der Waals surface area contributed by atoms with Crippen molar-refractivity contribution in [1.29, 1.82) is 0 Å². The molecule has 0 unspecified atom stereocenters. The number of hydrogen-bond acceptors (Lipinski definition) is 0. The number of halogens is 3. The summed E-state index contributed by atoms with van der Waals surface area (Å²) in [6.45, 7) is 13.9. The molecule has 224 valence electrons. The quantitative estimate of drug-likeness (QED) is 0.175. The molecule has 4 aromatic carbocycles. The Bertz CT molecular complexity index is 1810. The predicted molar refractivity (Wildman–Crippen MR) is 192 cm³/mol. The van der Waals surface area contributed by atoms with Crippen molar-refractivity contribution in [3.05, 3.63) is 134 Å². The molecule has 2 aliphatic rings. The fraction of sp³-hybridized carbons (Fsp3) is 0.256. The van der Waals surface area contributed by atoms with Gasteiger partial charge >= 0.3 is 254 Å². The van der Waals surface area contributed by atoms with E-state index in [0.717, 1.165) is 17.9 Å². The minimum atomic E-state index is -4.78. The topological polar surface area (TPSA) is 0 Å². The third kappa shape index (κ3) is 5.33. The summed E-state index contributed by atoms with van der Waals surface area (Å²) in [7, 11) is 0. The van der Waals surface area contributed by atoms with E-state index in [1.807, 2.05) is 6.07 Å². The molecular formula is C39H43Cl3Zr. The van der Waals surface area contributed by atoms with E-state index in [2.05, 4.69) is 139 Å². The van der Waals surface area contributed by atoms with Crippen molar-refractivity contribution < 1.29 is 18.3 Å². The van der Waals surface area contributed by atoms with Gasteiger partial charge < -0.3 is 0 Å². The van der Waals surface area contributed by atoms with Gasteiger partial charge in [0.05, 0.1) is 0 Å². The van der Waals surface area contributed by atoms with Crippen molar-refractivity contribution in [3.8, 4) is 11.1 Å². The van der Waals surface area contributed by atoms with Crippen molar-refractivity contribution in [1.82, 2.24) is 0 Å². The molecule has 0 aromatic heterocycles. The van der Waals surface area contributed by atoms with Crippen molar-refractivity contribution in [3.63, 3.8) is 0 Å². The van der Waals surface area contributed by atoms with E-state index in [1.54, 1.807) is 0 Å². The Kier molecular flexibility index (Phi) is 9.24. The van der Waals surface area contributed by atoms with E-state index >= 15 is 0 Å². The summed E-state index contributed by atoms with van der Waals surface area (Å²) in [5.74, 6) is 0. The molecule has 2 aliphatic carbocycles. The van der Waals surface area contributed by atoms with Crippen LogP contribution in [0.1, 0.15) is 70.2 Å². The fourth-order valence-corrected chi connectivity index (χ4v) is 23.1. The summed E-state index contributed by atoms with van der Waals surface area (Å²) in [4.78, 5) is 0. The Morgan fingerprint density at radius 2 is 1.35 bits per heavy atom. The Hall–Kier alpha value is -2.02. The van der Waals surface area contributed by atoms with E-state index in [4.69, 9.17) is 15.8 Å². The maximum absolute atomic E-state index is 6.82. The van der Waals surface area contributed by atoms with Crippen LogP contribution in [-0.4, -0.2) is 4.21 Å². The molecular weight excluding hydrogens is 666 g/mol. The van der Waals surface area contributed by atoms with Gasteiger partial charge in [-0.2, -0.15) is 0 Å². The molecule has 0 radical (unpaired) electrons.